The van der Waals surface area contributed by atoms with Gasteiger partial charge in [0.05, 0.1) is 26.4 Å². The van der Waals surface area contributed by atoms with Gasteiger partial charge in [-0.05, 0) is 11.1 Å². The number of ether oxygens (including phenoxy) is 3. The van der Waals surface area contributed by atoms with Crippen molar-refractivity contribution in [2.24, 2.45) is 0 Å². The molecule has 2 aromatic rings. The third-order valence-electron chi connectivity index (χ3n) is 6.08. The van der Waals surface area contributed by atoms with Gasteiger partial charge in [-0.15, -0.1) is 0 Å². The van der Waals surface area contributed by atoms with E-state index in [-0.39, 0.29) is 19.8 Å². The van der Waals surface area contributed by atoms with Crippen molar-refractivity contribution in [1.29, 1.82) is 0 Å². The monoisotopic (exact) mass is 522 g/mol. The maximum absolute atomic E-state index is 10.9. The summed E-state index contributed by atoms with van der Waals surface area (Å²) in [7, 11) is 0. The summed E-state index contributed by atoms with van der Waals surface area (Å²) in [6, 6.07) is 18.2. The molecule has 0 amide bonds. The van der Waals surface area contributed by atoms with E-state index >= 15 is 0 Å². The Bertz CT molecular complexity index is 971. The highest BCUT2D eigenvalue weighted by Crippen LogP contribution is 2.30. The van der Waals surface area contributed by atoms with Crippen LogP contribution in [0.15, 0.2) is 72.2 Å². The van der Waals surface area contributed by atoms with Gasteiger partial charge in [-0.2, -0.15) is 0 Å². The van der Waals surface area contributed by atoms with Gasteiger partial charge in [0.15, 0.2) is 11.5 Å². The Balaban J connectivity index is 1.80. The van der Waals surface area contributed by atoms with E-state index in [9.17, 15) is 35.7 Å². The van der Waals surface area contributed by atoms with E-state index < -0.39 is 67.0 Å². The molecule has 11 nitrogen and oxygen atoms in total. The summed E-state index contributed by atoms with van der Waals surface area (Å²) >= 11 is 0. The van der Waals surface area contributed by atoms with E-state index in [1.165, 1.54) is 0 Å². The fourth-order valence-electron chi connectivity index (χ4n) is 3.91. The fourth-order valence-corrected chi connectivity index (χ4v) is 3.91. The summed E-state index contributed by atoms with van der Waals surface area (Å²) in [5, 5.41) is 81.4. The average Bonchev–Trinajstić information content (AvgIpc) is 2.93. The van der Waals surface area contributed by atoms with Crippen molar-refractivity contribution in [3.05, 3.63) is 83.3 Å². The molecule has 37 heavy (non-hydrogen) atoms. The topological polar surface area (TPSA) is 190 Å². The highest BCUT2D eigenvalue weighted by atomic mass is 16.6. The van der Waals surface area contributed by atoms with Gasteiger partial charge in [-0.3, -0.25) is 0 Å². The van der Waals surface area contributed by atoms with Crippen LogP contribution in [0.25, 0.3) is 0 Å². The molecule has 3 rings (SSSR count). The number of hydrogen-bond acceptors (Lipinski definition) is 11. The number of aliphatic hydroxyl groups excluding tert-OH is 8. The second-order valence-electron chi connectivity index (χ2n) is 8.79. The van der Waals surface area contributed by atoms with Crippen LogP contribution in [0.3, 0.4) is 0 Å². The van der Waals surface area contributed by atoms with Crippen LogP contribution in [0.5, 0.6) is 0 Å². The van der Waals surface area contributed by atoms with Gasteiger partial charge in [0, 0.05) is 0 Å². The van der Waals surface area contributed by atoms with Crippen LogP contribution in [0.4, 0.5) is 0 Å². The van der Waals surface area contributed by atoms with Gasteiger partial charge in [0.25, 0.3) is 0 Å². The van der Waals surface area contributed by atoms with Gasteiger partial charge < -0.3 is 55.1 Å². The first-order valence-electron chi connectivity index (χ1n) is 11.8. The fraction of sp³-hybridized carbons (Fsp3) is 0.462. The molecule has 0 unspecified atom stereocenters. The molecule has 2 aromatic carbocycles. The minimum atomic E-state index is -2.21. The molecule has 8 N–H and O–H groups in total. The first kappa shape index (κ1) is 29.0. The van der Waals surface area contributed by atoms with Crippen molar-refractivity contribution < 1.29 is 55.1 Å². The second kappa shape index (κ2) is 13.8. The summed E-state index contributed by atoms with van der Waals surface area (Å²) in [5.41, 5.74) is 1.61. The normalized spacial score (nSPS) is 27.2. The molecule has 0 spiro atoms. The summed E-state index contributed by atoms with van der Waals surface area (Å²) in [4.78, 5) is 0. The predicted octanol–water partition coefficient (Wildman–Crippen LogP) is -0.320. The molecular formula is C26H34O11. The maximum Gasteiger partial charge on any atom is 0.164 e. The van der Waals surface area contributed by atoms with E-state index in [0.29, 0.717) is 0 Å². The molecule has 204 valence electrons. The predicted molar refractivity (Wildman–Crippen MR) is 129 cm³/mol. The summed E-state index contributed by atoms with van der Waals surface area (Å²) in [6.07, 6.45) is -13.3. The van der Waals surface area contributed by atoms with Crippen LogP contribution in [0.1, 0.15) is 11.1 Å². The summed E-state index contributed by atoms with van der Waals surface area (Å²) in [6.45, 7) is -0.901. The van der Waals surface area contributed by atoms with Gasteiger partial charge in [-0.25, -0.2) is 0 Å². The van der Waals surface area contributed by atoms with Crippen LogP contribution >= 0.6 is 0 Å². The Hall–Kier alpha value is -2.58. The zero-order chi connectivity index (χ0) is 26.9. The Morgan fingerprint density at radius 2 is 1.41 bits per heavy atom. The van der Waals surface area contributed by atoms with Crippen molar-refractivity contribution >= 4 is 0 Å². The maximum atomic E-state index is 10.9. The molecule has 1 saturated heterocycles. The van der Waals surface area contributed by atoms with Crippen LogP contribution in [0.2, 0.25) is 0 Å². The van der Waals surface area contributed by atoms with E-state index in [1.807, 2.05) is 36.4 Å². The SMILES string of the molecule is OC[C@@H](O)[C@@H](O)[C@H](O)C(O)=C(O)[C@@H]1O[C@H](COCc2ccccc2)[C@H](O)[C@H](OCc2ccccc2)[C@H]1O. The quantitative estimate of drug-likeness (QED) is 0.171. The lowest BCUT2D eigenvalue weighted by Gasteiger charge is -2.42. The van der Waals surface area contributed by atoms with E-state index in [0.717, 1.165) is 11.1 Å². The van der Waals surface area contributed by atoms with Gasteiger partial charge in [-0.1, -0.05) is 60.7 Å². The Labute approximate surface area is 214 Å². The standard InChI is InChI=1S/C26H34O11/c27-11-17(28)19(29)21(31)22(32)23(33)26-24(34)25(36-13-16-9-5-2-6-10-16)20(30)18(37-26)14-35-12-15-7-3-1-4-8-15/h1-10,17-21,24-34H,11-14H2/t17-,18-,19-,20+,21+,24-,25+,26+/m1/s1. The second-order valence-corrected chi connectivity index (χ2v) is 8.79. The summed E-state index contributed by atoms with van der Waals surface area (Å²) < 4.78 is 17.1. The van der Waals surface area contributed by atoms with Crippen molar-refractivity contribution in [2.75, 3.05) is 13.2 Å². The number of rotatable bonds is 12. The van der Waals surface area contributed by atoms with Gasteiger partial charge in [0.1, 0.15) is 48.8 Å². The molecular weight excluding hydrogens is 488 g/mol. The minimum absolute atomic E-state index is 0.00439. The molecule has 0 bridgehead atoms. The van der Waals surface area contributed by atoms with Gasteiger partial charge >= 0.3 is 0 Å². The van der Waals surface area contributed by atoms with Crippen molar-refractivity contribution in [3.8, 4) is 0 Å². The van der Waals surface area contributed by atoms with Gasteiger partial charge in [0.2, 0.25) is 0 Å². The number of hydrogen-bond donors (Lipinski definition) is 8. The zero-order valence-electron chi connectivity index (χ0n) is 20.0. The van der Waals surface area contributed by atoms with Crippen LogP contribution < -0.4 is 0 Å². The molecule has 11 heteroatoms. The first-order valence-corrected chi connectivity index (χ1v) is 11.8. The van der Waals surface area contributed by atoms with E-state index in [1.54, 1.807) is 24.3 Å². The number of aliphatic hydroxyl groups is 8. The Morgan fingerprint density at radius 1 is 0.838 bits per heavy atom. The Morgan fingerprint density at radius 3 is 1.97 bits per heavy atom. The third-order valence-corrected chi connectivity index (χ3v) is 6.08. The summed E-state index contributed by atoms with van der Waals surface area (Å²) in [5.74, 6) is -2.23. The lowest BCUT2D eigenvalue weighted by molar-refractivity contribution is -0.245. The largest absolute Gasteiger partial charge is 0.506 e. The van der Waals surface area contributed by atoms with Crippen LogP contribution in [-0.4, -0.2) is 103 Å². The lowest BCUT2D eigenvalue weighted by Crippen LogP contribution is -2.60. The lowest BCUT2D eigenvalue weighted by atomic mass is 9.92. The molecule has 8 atom stereocenters. The molecule has 0 radical (unpaired) electrons. The zero-order valence-corrected chi connectivity index (χ0v) is 20.0. The van der Waals surface area contributed by atoms with Crippen molar-refractivity contribution in [3.63, 3.8) is 0 Å². The highest BCUT2D eigenvalue weighted by Gasteiger charge is 2.48. The highest BCUT2D eigenvalue weighted by molar-refractivity contribution is 5.17. The molecule has 1 heterocycles. The smallest absolute Gasteiger partial charge is 0.164 e. The Kier molecular flexibility index (Phi) is 10.8. The minimum Gasteiger partial charge on any atom is -0.506 e. The molecule has 1 aliphatic rings. The van der Waals surface area contributed by atoms with Crippen LogP contribution in [0, 0.1) is 0 Å². The van der Waals surface area contributed by atoms with E-state index in [2.05, 4.69) is 0 Å². The number of benzene rings is 2. The molecule has 1 aliphatic heterocycles. The van der Waals surface area contributed by atoms with Crippen LogP contribution in [-0.2, 0) is 27.4 Å². The average molecular weight is 523 g/mol. The molecule has 0 aliphatic carbocycles. The van der Waals surface area contributed by atoms with Crippen molar-refractivity contribution in [1.82, 2.24) is 0 Å². The van der Waals surface area contributed by atoms with E-state index in [4.69, 9.17) is 19.3 Å². The molecule has 0 saturated carbocycles. The third kappa shape index (κ3) is 7.48. The first-order chi connectivity index (χ1) is 17.7. The molecule has 0 aromatic heterocycles. The van der Waals surface area contributed by atoms with Crippen molar-refractivity contribution in [2.45, 2.75) is 62.0 Å². The molecule has 1 fully saturated rings.